The molecule has 5 rings (SSSR count). The van der Waals surface area contributed by atoms with Gasteiger partial charge in [0.25, 0.3) is 11.5 Å². The third-order valence-electron chi connectivity index (χ3n) is 7.38. The lowest BCUT2D eigenvalue weighted by Crippen LogP contribution is -2.21. The van der Waals surface area contributed by atoms with Crippen molar-refractivity contribution in [2.75, 3.05) is 26.1 Å². The van der Waals surface area contributed by atoms with E-state index in [0.29, 0.717) is 26.8 Å². The summed E-state index contributed by atoms with van der Waals surface area (Å²) in [5.74, 6) is 0.358. The second-order valence-electron chi connectivity index (χ2n) is 10.8. The van der Waals surface area contributed by atoms with Gasteiger partial charge in [-0.2, -0.15) is 9.78 Å². The van der Waals surface area contributed by atoms with Gasteiger partial charge in [0.15, 0.2) is 23.9 Å². The molecule has 4 aromatic carbocycles. The molecule has 47 heavy (non-hydrogen) atoms. The fourth-order valence-electron chi connectivity index (χ4n) is 4.96. The van der Waals surface area contributed by atoms with Crippen LogP contribution >= 0.6 is 27.5 Å². The largest absolute Gasteiger partial charge is 0.496 e. The topological polar surface area (TPSA) is 104 Å². The SMILES string of the molecule is COc1cc(C)c(-c2nc3ccccc3c(=O)n2N=Cc2cc(OC)c(OCC(=O)Nc3ccccc3F)c(Cl)c2Br)cc1C(C)C. The molecule has 242 valence electrons. The Morgan fingerprint density at radius 1 is 1.09 bits per heavy atom. The Morgan fingerprint density at radius 3 is 2.49 bits per heavy atom. The number of carbonyl (C=O) groups excluding carboxylic acids is 1. The molecule has 1 heterocycles. The second kappa shape index (κ2) is 14.4. The van der Waals surface area contributed by atoms with Gasteiger partial charge in [-0.3, -0.25) is 9.59 Å². The van der Waals surface area contributed by atoms with Gasteiger partial charge < -0.3 is 19.5 Å². The van der Waals surface area contributed by atoms with E-state index in [4.69, 9.17) is 30.8 Å². The molecule has 1 amide bonds. The Balaban J connectivity index is 1.55. The molecule has 0 aliphatic heterocycles. The first-order chi connectivity index (χ1) is 22.5. The van der Waals surface area contributed by atoms with Crippen molar-refractivity contribution < 1.29 is 23.4 Å². The molecule has 0 aliphatic rings. The van der Waals surface area contributed by atoms with E-state index in [1.165, 1.54) is 36.2 Å². The van der Waals surface area contributed by atoms with E-state index < -0.39 is 18.3 Å². The summed E-state index contributed by atoms with van der Waals surface area (Å²) in [4.78, 5) is 31.2. The van der Waals surface area contributed by atoms with Crippen LogP contribution in [0.3, 0.4) is 0 Å². The Morgan fingerprint density at radius 2 is 1.79 bits per heavy atom. The zero-order valence-electron chi connectivity index (χ0n) is 26.2. The minimum absolute atomic E-state index is 0.0231. The lowest BCUT2D eigenvalue weighted by molar-refractivity contribution is -0.118. The number of anilines is 1. The monoisotopic (exact) mass is 720 g/mol. The van der Waals surface area contributed by atoms with Crippen LogP contribution in [0, 0.1) is 12.7 Å². The van der Waals surface area contributed by atoms with E-state index in [-0.39, 0.29) is 33.7 Å². The number of benzene rings is 4. The predicted octanol–water partition coefficient (Wildman–Crippen LogP) is 7.97. The molecule has 0 saturated carbocycles. The van der Waals surface area contributed by atoms with Crippen LogP contribution in [0.4, 0.5) is 10.1 Å². The average molecular weight is 722 g/mol. The lowest BCUT2D eigenvalue weighted by atomic mass is 9.96. The van der Waals surface area contributed by atoms with Crippen LogP contribution in [0.5, 0.6) is 17.2 Å². The normalized spacial score (nSPS) is 11.3. The summed E-state index contributed by atoms with van der Waals surface area (Å²) in [6, 6.07) is 18.4. The van der Waals surface area contributed by atoms with Crippen LogP contribution in [-0.2, 0) is 4.79 Å². The molecule has 1 N–H and O–H groups in total. The summed E-state index contributed by atoms with van der Waals surface area (Å²) < 4.78 is 32.4. The molecule has 0 radical (unpaired) electrons. The van der Waals surface area contributed by atoms with E-state index >= 15 is 0 Å². The number of rotatable bonds is 10. The Labute approximate surface area is 284 Å². The van der Waals surface area contributed by atoms with Crippen LogP contribution in [0.1, 0.15) is 36.5 Å². The fourth-order valence-corrected chi connectivity index (χ4v) is 5.62. The molecule has 0 atom stereocenters. The highest BCUT2D eigenvalue weighted by Gasteiger charge is 2.21. The van der Waals surface area contributed by atoms with Crippen LogP contribution in [-0.4, -0.2) is 42.6 Å². The first kappa shape index (κ1) is 33.6. The Kier molecular flexibility index (Phi) is 10.3. The minimum atomic E-state index is -0.597. The van der Waals surface area contributed by atoms with Crippen molar-refractivity contribution >= 4 is 56.2 Å². The molecule has 0 aliphatic carbocycles. The average Bonchev–Trinajstić information content (AvgIpc) is 3.06. The Bertz CT molecular complexity index is 2080. The van der Waals surface area contributed by atoms with Gasteiger partial charge in [0.2, 0.25) is 0 Å². The number of fused-ring (bicyclic) bond motifs is 1. The third kappa shape index (κ3) is 7.01. The number of nitrogens with zero attached hydrogens (tertiary/aromatic N) is 3. The third-order valence-corrected chi connectivity index (χ3v) is 8.82. The number of ether oxygens (including phenoxy) is 3. The number of amides is 1. The van der Waals surface area contributed by atoms with Crippen molar-refractivity contribution in [1.29, 1.82) is 0 Å². The summed E-state index contributed by atoms with van der Waals surface area (Å²) in [6.45, 7) is 5.58. The van der Waals surface area contributed by atoms with Gasteiger partial charge in [-0.05, 0) is 82.4 Å². The first-order valence-electron chi connectivity index (χ1n) is 14.5. The molecule has 0 unspecified atom stereocenters. The quantitative estimate of drug-likeness (QED) is 0.147. The zero-order chi connectivity index (χ0) is 33.8. The molecule has 0 saturated heterocycles. The summed E-state index contributed by atoms with van der Waals surface area (Å²) in [5.41, 5.74) is 3.18. The maximum absolute atomic E-state index is 14.0. The summed E-state index contributed by atoms with van der Waals surface area (Å²) in [7, 11) is 3.05. The molecule has 0 spiro atoms. The van der Waals surface area contributed by atoms with Gasteiger partial charge in [-0.1, -0.05) is 49.7 Å². The number of aryl methyl sites for hydroxylation is 1. The van der Waals surface area contributed by atoms with E-state index in [0.717, 1.165) is 22.4 Å². The van der Waals surface area contributed by atoms with Crippen molar-refractivity contribution in [3.63, 3.8) is 0 Å². The van der Waals surface area contributed by atoms with Crippen molar-refractivity contribution in [2.24, 2.45) is 5.10 Å². The van der Waals surface area contributed by atoms with Crippen LogP contribution in [0.15, 0.2) is 81.1 Å². The Hall–Kier alpha value is -4.74. The van der Waals surface area contributed by atoms with Gasteiger partial charge in [-0.25, -0.2) is 9.37 Å². The standard InChI is InChI=1S/C35H31BrClFN4O5/c1-19(2)23-16-24(20(3)14-28(23)45-4)34-41-26-12-8-6-10-22(26)35(44)42(34)39-17-21-15-29(46-5)33(32(37)31(21)36)47-18-30(43)40-27-13-9-7-11-25(27)38/h6-17,19H,18H2,1-5H3,(H,40,43). The summed E-state index contributed by atoms with van der Waals surface area (Å²) in [5, 5.41) is 7.55. The molecule has 5 aromatic rings. The molecule has 9 nitrogen and oxygen atoms in total. The second-order valence-corrected chi connectivity index (χ2v) is 12.0. The zero-order valence-corrected chi connectivity index (χ0v) is 28.6. The number of aromatic nitrogens is 2. The number of carbonyl (C=O) groups is 1. The highest BCUT2D eigenvalue weighted by Crippen LogP contribution is 2.42. The molecule has 0 bridgehead atoms. The van der Waals surface area contributed by atoms with Crippen molar-refractivity contribution in [1.82, 2.24) is 9.66 Å². The van der Waals surface area contributed by atoms with Crippen LogP contribution in [0.25, 0.3) is 22.3 Å². The fraction of sp³-hybridized carbons (Fsp3) is 0.200. The highest BCUT2D eigenvalue weighted by molar-refractivity contribution is 9.10. The van der Waals surface area contributed by atoms with E-state index in [9.17, 15) is 14.0 Å². The molecule has 12 heteroatoms. The number of hydrogen-bond acceptors (Lipinski definition) is 7. The van der Waals surface area contributed by atoms with E-state index in [1.54, 1.807) is 37.4 Å². The number of para-hydroxylation sites is 2. The highest BCUT2D eigenvalue weighted by atomic mass is 79.9. The minimum Gasteiger partial charge on any atom is -0.496 e. The number of halogens is 3. The molecule has 0 fully saturated rings. The van der Waals surface area contributed by atoms with Gasteiger partial charge >= 0.3 is 0 Å². The van der Waals surface area contributed by atoms with E-state index in [2.05, 4.69) is 40.2 Å². The maximum atomic E-state index is 14.0. The number of hydrogen-bond donors (Lipinski definition) is 1. The molecular formula is C35H31BrClFN4O5. The number of methoxy groups -OCH3 is 2. The van der Waals surface area contributed by atoms with Gasteiger partial charge in [0.1, 0.15) is 16.6 Å². The maximum Gasteiger partial charge on any atom is 0.282 e. The first-order valence-corrected chi connectivity index (χ1v) is 15.7. The summed E-state index contributed by atoms with van der Waals surface area (Å²) >= 11 is 10.2. The molecule has 1 aromatic heterocycles. The van der Waals surface area contributed by atoms with Crippen molar-refractivity contribution in [2.45, 2.75) is 26.7 Å². The van der Waals surface area contributed by atoms with Gasteiger partial charge in [0, 0.05) is 15.6 Å². The van der Waals surface area contributed by atoms with Crippen LogP contribution in [0.2, 0.25) is 5.02 Å². The van der Waals surface area contributed by atoms with Gasteiger partial charge in [0.05, 0.1) is 37.0 Å². The predicted molar refractivity (Wildman–Crippen MR) is 186 cm³/mol. The van der Waals surface area contributed by atoms with Crippen LogP contribution < -0.4 is 25.1 Å². The number of nitrogens with one attached hydrogen (secondary N) is 1. The van der Waals surface area contributed by atoms with Crippen molar-refractivity contribution in [3.05, 3.63) is 109 Å². The van der Waals surface area contributed by atoms with Crippen molar-refractivity contribution in [3.8, 4) is 28.6 Å². The molecular weight excluding hydrogens is 691 g/mol. The summed E-state index contributed by atoms with van der Waals surface area (Å²) in [6.07, 6.45) is 1.46. The smallest absolute Gasteiger partial charge is 0.282 e. The van der Waals surface area contributed by atoms with E-state index in [1.807, 2.05) is 25.1 Å². The van der Waals surface area contributed by atoms with Gasteiger partial charge in [-0.15, -0.1) is 0 Å². The lowest BCUT2D eigenvalue weighted by Gasteiger charge is -2.17.